The van der Waals surface area contributed by atoms with Crippen LogP contribution >= 0.6 is 0 Å². The third kappa shape index (κ3) is 6.15. The van der Waals surface area contributed by atoms with Crippen molar-refractivity contribution in [2.45, 2.75) is 26.3 Å². The normalized spacial score (nSPS) is 11.2. The molecule has 0 aliphatic rings. The highest BCUT2D eigenvalue weighted by molar-refractivity contribution is 5.44. The van der Waals surface area contributed by atoms with E-state index in [0.29, 0.717) is 30.2 Å². The number of rotatable bonds is 9. The van der Waals surface area contributed by atoms with Crippen LogP contribution in [0.1, 0.15) is 23.6 Å². The average Bonchev–Trinajstić information content (AvgIpc) is 2.74. The number of anilines is 1. The second-order valence-corrected chi connectivity index (χ2v) is 6.55. The highest BCUT2D eigenvalue weighted by Gasteiger charge is 2.30. The Hall–Kier alpha value is -3.19. The SMILES string of the molecule is CCOc1cc(CNNc2ccccc2)ccc1OCc1cccc(C(F)(F)F)c1. The Morgan fingerprint density at radius 2 is 1.60 bits per heavy atom. The number of ether oxygens (including phenoxy) is 2. The molecule has 0 amide bonds. The highest BCUT2D eigenvalue weighted by Crippen LogP contribution is 2.31. The fraction of sp³-hybridized carbons (Fsp3) is 0.217. The molecular formula is C23H23F3N2O2. The zero-order valence-corrected chi connectivity index (χ0v) is 16.5. The van der Waals surface area contributed by atoms with E-state index in [0.717, 1.165) is 23.4 Å². The highest BCUT2D eigenvalue weighted by atomic mass is 19.4. The van der Waals surface area contributed by atoms with E-state index in [4.69, 9.17) is 9.47 Å². The van der Waals surface area contributed by atoms with E-state index in [1.54, 1.807) is 12.1 Å². The van der Waals surface area contributed by atoms with Gasteiger partial charge in [0.15, 0.2) is 11.5 Å². The predicted octanol–water partition coefficient (Wildman–Crippen LogP) is 5.80. The molecule has 3 aromatic carbocycles. The third-order valence-electron chi connectivity index (χ3n) is 4.26. The summed E-state index contributed by atoms with van der Waals surface area (Å²) < 4.78 is 50.0. The van der Waals surface area contributed by atoms with Gasteiger partial charge in [-0.3, -0.25) is 0 Å². The number of nitrogens with one attached hydrogen (secondary N) is 2. The molecule has 30 heavy (non-hydrogen) atoms. The molecule has 0 aliphatic carbocycles. The van der Waals surface area contributed by atoms with Crippen molar-refractivity contribution in [1.29, 1.82) is 0 Å². The van der Waals surface area contributed by atoms with Crippen LogP contribution < -0.4 is 20.3 Å². The smallest absolute Gasteiger partial charge is 0.416 e. The lowest BCUT2D eigenvalue weighted by atomic mass is 10.1. The van der Waals surface area contributed by atoms with Crippen LogP contribution in [0.4, 0.5) is 18.9 Å². The van der Waals surface area contributed by atoms with Gasteiger partial charge in [0.25, 0.3) is 0 Å². The summed E-state index contributed by atoms with van der Waals surface area (Å²) in [5.41, 5.74) is 7.90. The summed E-state index contributed by atoms with van der Waals surface area (Å²) >= 11 is 0. The van der Waals surface area contributed by atoms with Gasteiger partial charge in [-0.2, -0.15) is 13.2 Å². The number of alkyl halides is 3. The number of hydrogen-bond donors (Lipinski definition) is 2. The number of hydrogen-bond acceptors (Lipinski definition) is 4. The molecule has 3 aromatic rings. The van der Waals surface area contributed by atoms with Gasteiger partial charge in [0, 0.05) is 12.2 Å². The topological polar surface area (TPSA) is 42.5 Å². The lowest BCUT2D eigenvalue weighted by Crippen LogP contribution is -2.20. The molecule has 0 aromatic heterocycles. The van der Waals surface area contributed by atoms with Crippen molar-refractivity contribution in [2.75, 3.05) is 12.0 Å². The molecule has 0 atom stereocenters. The monoisotopic (exact) mass is 416 g/mol. The quantitative estimate of drug-likeness (QED) is 0.433. The second kappa shape index (κ2) is 10.0. The van der Waals surface area contributed by atoms with Gasteiger partial charge in [-0.25, -0.2) is 5.43 Å². The van der Waals surface area contributed by atoms with Crippen LogP contribution in [0.5, 0.6) is 11.5 Å². The lowest BCUT2D eigenvalue weighted by molar-refractivity contribution is -0.137. The summed E-state index contributed by atoms with van der Waals surface area (Å²) in [5, 5.41) is 0. The summed E-state index contributed by atoms with van der Waals surface area (Å²) in [4.78, 5) is 0. The van der Waals surface area contributed by atoms with Gasteiger partial charge in [-0.05, 0) is 54.4 Å². The number of halogens is 3. The summed E-state index contributed by atoms with van der Waals surface area (Å²) in [6.07, 6.45) is -4.38. The van der Waals surface area contributed by atoms with Crippen molar-refractivity contribution in [3.05, 3.63) is 89.5 Å². The maximum atomic E-state index is 12.9. The summed E-state index contributed by atoms with van der Waals surface area (Å²) in [6, 6.07) is 20.3. The molecule has 3 rings (SSSR count). The minimum atomic E-state index is -4.38. The molecule has 0 heterocycles. The molecule has 7 heteroatoms. The molecule has 0 saturated carbocycles. The first kappa shape index (κ1) is 21.5. The van der Waals surface area contributed by atoms with E-state index in [1.165, 1.54) is 6.07 Å². The van der Waals surface area contributed by atoms with Gasteiger partial charge in [0.2, 0.25) is 0 Å². The summed E-state index contributed by atoms with van der Waals surface area (Å²) in [6.45, 7) is 2.86. The van der Waals surface area contributed by atoms with E-state index < -0.39 is 11.7 Å². The van der Waals surface area contributed by atoms with Crippen LogP contribution in [-0.4, -0.2) is 6.61 Å². The Morgan fingerprint density at radius 1 is 0.800 bits per heavy atom. The summed E-state index contributed by atoms with van der Waals surface area (Å²) in [5.74, 6) is 1.03. The van der Waals surface area contributed by atoms with Crippen molar-refractivity contribution in [3.63, 3.8) is 0 Å². The number of para-hydroxylation sites is 1. The molecule has 0 aliphatic heterocycles. The van der Waals surface area contributed by atoms with Gasteiger partial charge in [-0.15, -0.1) is 0 Å². The molecule has 0 spiro atoms. The van der Waals surface area contributed by atoms with E-state index in [-0.39, 0.29) is 6.61 Å². The molecule has 0 saturated heterocycles. The third-order valence-corrected chi connectivity index (χ3v) is 4.26. The molecule has 0 bridgehead atoms. The molecule has 158 valence electrons. The molecule has 4 nitrogen and oxygen atoms in total. The van der Waals surface area contributed by atoms with E-state index in [2.05, 4.69) is 10.9 Å². The van der Waals surface area contributed by atoms with Gasteiger partial charge < -0.3 is 14.9 Å². The zero-order chi connectivity index (χ0) is 21.4. The molecule has 0 radical (unpaired) electrons. The maximum Gasteiger partial charge on any atom is 0.416 e. The largest absolute Gasteiger partial charge is 0.490 e. The second-order valence-electron chi connectivity index (χ2n) is 6.55. The predicted molar refractivity (Wildman–Crippen MR) is 110 cm³/mol. The Labute approximate surface area is 173 Å². The minimum absolute atomic E-state index is 0.0111. The Morgan fingerprint density at radius 3 is 2.33 bits per heavy atom. The fourth-order valence-electron chi connectivity index (χ4n) is 2.82. The van der Waals surface area contributed by atoms with E-state index in [1.807, 2.05) is 49.4 Å². The fourth-order valence-corrected chi connectivity index (χ4v) is 2.82. The van der Waals surface area contributed by atoms with Crippen LogP contribution in [-0.2, 0) is 19.3 Å². The van der Waals surface area contributed by atoms with E-state index in [9.17, 15) is 13.2 Å². The van der Waals surface area contributed by atoms with E-state index >= 15 is 0 Å². The van der Waals surface area contributed by atoms with Gasteiger partial charge in [-0.1, -0.05) is 36.4 Å². The van der Waals surface area contributed by atoms with Crippen LogP contribution in [0.3, 0.4) is 0 Å². The van der Waals surface area contributed by atoms with Crippen molar-refractivity contribution in [1.82, 2.24) is 5.43 Å². The standard InChI is InChI=1S/C23H23F3N2O2/c1-2-29-22-14-17(15-27-28-20-9-4-3-5-10-20)11-12-21(22)30-16-18-7-6-8-19(13-18)23(24,25)26/h3-14,27-28H,2,15-16H2,1H3. The minimum Gasteiger partial charge on any atom is -0.490 e. The molecule has 0 fully saturated rings. The Bertz CT molecular complexity index is 947. The summed E-state index contributed by atoms with van der Waals surface area (Å²) in [7, 11) is 0. The van der Waals surface area contributed by atoms with Crippen molar-refractivity contribution >= 4 is 5.69 Å². The molecular weight excluding hydrogens is 393 g/mol. The number of hydrazine groups is 1. The van der Waals surface area contributed by atoms with Gasteiger partial charge in [0.05, 0.1) is 12.2 Å². The average molecular weight is 416 g/mol. The van der Waals surface area contributed by atoms with Crippen LogP contribution in [0.15, 0.2) is 72.8 Å². The van der Waals surface area contributed by atoms with Gasteiger partial charge in [0.1, 0.15) is 6.61 Å². The van der Waals surface area contributed by atoms with Crippen LogP contribution in [0.2, 0.25) is 0 Å². The lowest BCUT2D eigenvalue weighted by Gasteiger charge is -2.15. The van der Waals surface area contributed by atoms with Crippen LogP contribution in [0.25, 0.3) is 0 Å². The first-order chi connectivity index (χ1) is 14.5. The van der Waals surface area contributed by atoms with Crippen molar-refractivity contribution in [3.8, 4) is 11.5 Å². The van der Waals surface area contributed by atoms with Gasteiger partial charge >= 0.3 is 6.18 Å². The zero-order valence-electron chi connectivity index (χ0n) is 16.5. The van der Waals surface area contributed by atoms with Crippen LogP contribution in [0, 0.1) is 0 Å². The molecule has 2 N–H and O–H groups in total. The van der Waals surface area contributed by atoms with Crippen molar-refractivity contribution in [2.24, 2.45) is 0 Å². The Kier molecular flexibility index (Phi) is 7.19. The maximum absolute atomic E-state index is 12.9. The number of benzene rings is 3. The Balaban J connectivity index is 1.63. The van der Waals surface area contributed by atoms with Crippen molar-refractivity contribution < 1.29 is 22.6 Å². The molecule has 0 unspecified atom stereocenters. The first-order valence-electron chi connectivity index (χ1n) is 9.54. The first-order valence-corrected chi connectivity index (χ1v) is 9.54.